The molecule has 1 saturated heterocycles. The molecule has 2 aromatic rings. The molecular weight excluding hydrogens is 348 g/mol. The molecule has 0 spiro atoms. The molecule has 1 aromatic heterocycles. The maximum atomic E-state index is 12.6. The van der Waals surface area contributed by atoms with E-state index in [0.717, 1.165) is 22.8 Å². The summed E-state index contributed by atoms with van der Waals surface area (Å²) in [6.45, 7) is 7.14. The van der Waals surface area contributed by atoms with Gasteiger partial charge in [-0.3, -0.25) is 4.79 Å². The Kier molecular flexibility index (Phi) is 5.56. The van der Waals surface area contributed by atoms with Gasteiger partial charge in [-0.25, -0.2) is 9.78 Å². The first-order valence-corrected chi connectivity index (χ1v) is 9.66. The number of urea groups is 1. The Morgan fingerprint density at radius 3 is 2.58 bits per heavy atom. The van der Waals surface area contributed by atoms with Gasteiger partial charge in [0.25, 0.3) is 0 Å². The Morgan fingerprint density at radius 1 is 1.27 bits per heavy atom. The van der Waals surface area contributed by atoms with E-state index >= 15 is 0 Å². The average Bonchev–Trinajstić information content (AvgIpc) is 2.98. The lowest BCUT2D eigenvalue weighted by Crippen LogP contribution is -2.55. The number of rotatable bonds is 4. The van der Waals surface area contributed by atoms with Gasteiger partial charge in [-0.05, 0) is 32.4 Å². The van der Waals surface area contributed by atoms with Crippen molar-refractivity contribution in [1.29, 1.82) is 0 Å². The standard InChI is InChI=1S/C19H24N4O2S/c1-4-16(18-20-13(2)14(3)26-18)21-19(25)22-10-11-23(17(24)12-22)15-8-6-5-7-9-15/h5-9,16H,4,10-12H2,1-3H3,(H,21,25)/t16-/m1/s1. The maximum Gasteiger partial charge on any atom is 0.318 e. The summed E-state index contributed by atoms with van der Waals surface area (Å²) in [5.74, 6) is -0.0633. The van der Waals surface area contributed by atoms with Crippen LogP contribution in [0.4, 0.5) is 10.5 Å². The molecule has 0 unspecified atom stereocenters. The number of carbonyl (C=O) groups is 2. The van der Waals surface area contributed by atoms with Crippen LogP contribution in [-0.2, 0) is 4.79 Å². The van der Waals surface area contributed by atoms with Crippen LogP contribution < -0.4 is 10.2 Å². The van der Waals surface area contributed by atoms with Gasteiger partial charge in [0, 0.05) is 23.7 Å². The highest BCUT2D eigenvalue weighted by molar-refractivity contribution is 7.11. The molecule has 1 aliphatic heterocycles. The van der Waals surface area contributed by atoms with E-state index in [2.05, 4.69) is 10.3 Å². The number of anilines is 1. The number of para-hydroxylation sites is 1. The van der Waals surface area contributed by atoms with E-state index in [-0.39, 0.29) is 24.5 Å². The van der Waals surface area contributed by atoms with Crippen LogP contribution in [0.1, 0.15) is 35.0 Å². The fraction of sp³-hybridized carbons (Fsp3) is 0.421. The summed E-state index contributed by atoms with van der Waals surface area (Å²) < 4.78 is 0. The van der Waals surface area contributed by atoms with Crippen molar-refractivity contribution in [2.45, 2.75) is 33.2 Å². The minimum absolute atomic E-state index is 0.0633. The monoisotopic (exact) mass is 372 g/mol. The number of nitrogens with one attached hydrogen (secondary N) is 1. The third kappa shape index (κ3) is 3.88. The van der Waals surface area contributed by atoms with Gasteiger partial charge in [0.05, 0.1) is 11.7 Å². The first-order chi connectivity index (χ1) is 12.5. The van der Waals surface area contributed by atoms with Crippen molar-refractivity contribution >= 4 is 29.0 Å². The molecule has 6 nitrogen and oxygen atoms in total. The summed E-state index contributed by atoms with van der Waals surface area (Å²) in [5.41, 5.74) is 1.88. The van der Waals surface area contributed by atoms with E-state index in [0.29, 0.717) is 13.1 Å². The molecule has 7 heteroatoms. The normalized spacial score (nSPS) is 15.9. The summed E-state index contributed by atoms with van der Waals surface area (Å²) in [5, 5.41) is 3.95. The number of amides is 3. The van der Waals surface area contributed by atoms with Gasteiger partial charge in [-0.1, -0.05) is 25.1 Å². The summed E-state index contributed by atoms with van der Waals surface area (Å²) in [6, 6.07) is 9.23. The fourth-order valence-electron chi connectivity index (χ4n) is 2.95. The molecule has 1 atom stereocenters. The number of aromatic nitrogens is 1. The van der Waals surface area contributed by atoms with Gasteiger partial charge in [-0.15, -0.1) is 11.3 Å². The lowest BCUT2D eigenvalue weighted by Gasteiger charge is -2.35. The zero-order valence-electron chi connectivity index (χ0n) is 15.4. The van der Waals surface area contributed by atoms with Crippen molar-refractivity contribution < 1.29 is 9.59 Å². The van der Waals surface area contributed by atoms with Gasteiger partial charge in [0.15, 0.2) is 0 Å². The Labute approximate surface area is 157 Å². The molecule has 1 N–H and O–H groups in total. The van der Waals surface area contributed by atoms with Crippen molar-refractivity contribution in [3.05, 3.63) is 45.9 Å². The number of hydrogen-bond donors (Lipinski definition) is 1. The minimum atomic E-state index is -0.205. The zero-order valence-corrected chi connectivity index (χ0v) is 16.2. The molecule has 3 rings (SSSR count). The van der Waals surface area contributed by atoms with E-state index in [1.165, 1.54) is 4.88 Å². The summed E-state index contributed by atoms with van der Waals surface area (Å²) in [4.78, 5) is 34.2. The second-order valence-electron chi connectivity index (χ2n) is 6.41. The number of aryl methyl sites for hydroxylation is 2. The van der Waals surface area contributed by atoms with Crippen LogP contribution in [-0.4, -0.2) is 41.5 Å². The molecule has 0 bridgehead atoms. The average molecular weight is 372 g/mol. The first kappa shape index (κ1) is 18.4. The van der Waals surface area contributed by atoms with Gasteiger partial charge >= 0.3 is 6.03 Å². The molecule has 3 amide bonds. The van der Waals surface area contributed by atoms with Gasteiger partial charge in [-0.2, -0.15) is 0 Å². The van der Waals surface area contributed by atoms with Crippen molar-refractivity contribution in [1.82, 2.24) is 15.2 Å². The van der Waals surface area contributed by atoms with Crippen LogP contribution in [0.25, 0.3) is 0 Å². The molecule has 0 aliphatic carbocycles. The van der Waals surface area contributed by atoms with Crippen LogP contribution in [0.2, 0.25) is 0 Å². The maximum absolute atomic E-state index is 12.6. The molecule has 1 aliphatic rings. The molecule has 26 heavy (non-hydrogen) atoms. The molecule has 1 aromatic carbocycles. The van der Waals surface area contributed by atoms with Crippen molar-refractivity contribution in [2.24, 2.45) is 0 Å². The van der Waals surface area contributed by atoms with Gasteiger partial charge in [0.1, 0.15) is 11.6 Å². The summed E-state index contributed by atoms with van der Waals surface area (Å²) >= 11 is 1.61. The van der Waals surface area contributed by atoms with E-state index in [1.54, 1.807) is 21.1 Å². The van der Waals surface area contributed by atoms with E-state index in [9.17, 15) is 9.59 Å². The predicted octanol–water partition coefficient (Wildman–Crippen LogP) is 3.27. The van der Waals surface area contributed by atoms with Gasteiger partial charge < -0.3 is 15.1 Å². The Morgan fingerprint density at radius 2 is 2.00 bits per heavy atom. The van der Waals surface area contributed by atoms with Crippen LogP contribution in [0.5, 0.6) is 0 Å². The van der Waals surface area contributed by atoms with Crippen LogP contribution >= 0.6 is 11.3 Å². The third-order valence-electron chi connectivity index (χ3n) is 4.62. The number of benzene rings is 1. The largest absolute Gasteiger partial charge is 0.329 e. The van der Waals surface area contributed by atoms with Crippen molar-refractivity contribution in [3.8, 4) is 0 Å². The topological polar surface area (TPSA) is 65.5 Å². The van der Waals surface area contributed by atoms with Crippen LogP contribution in [0.15, 0.2) is 30.3 Å². The Bertz CT molecular complexity index is 771. The molecule has 138 valence electrons. The molecular formula is C19H24N4O2S. The number of piperazine rings is 1. The van der Waals surface area contributed by atoms with Crippen molar-refractivity contribution in [3.63, 3.8) is 0 Å². The molecule has 0 radical (unpaired) electrons. The smallest absolute Gasteiger partial charge is 0.318 e. The van der Waals surface area contributed by atoms with Crippen LogP contribution in [0, 0.1) is 13.8 Å². The Hall–Kier alpha value is -2.41. The third-order valence-corrected chi connectivity index (χ3v) is 5.81. The second-order valence-corrected chi connectivity index (χ2v) is 7.64. The fourth-order valence-corrected chi connectivity index (χ4v) is 4.01. The summed E-state index contributed by atoms with van der Waals surface area (Å²) in [6.07, 6.45) is 0.760. The molecule has 1 fully saturated rings. The van der Waals surface area contributed by atoms with Gasteiger partial charge in [0.2, 0.25) is 5.91 Å². The van der Waals surface area contributed by atoms with E-state index in [4.69, 9.17) is 0 Å². The first-order valence-electron chi connectivity index (χ1n) is 8.84. The van der Waals surface area contributed by atoms with Crippen molar-refractivity contribution in [2.75, 3.05) is 24.5 Å². The molecule has 2 heterocycles. The highest BCUT2D eigenvalue weighted by Gasteiger charge is 2.29. The highest BCUT2D eigenvalue weighted by Crippen LogP contribution is 2.25. The minimum Gasteiger partial charge on any atom is -0.329 e. The second kappa shape index (κ2) is 7.86. The lowest BCUT2D eigenvalue weighted by atomic mass is 10.2. The predicted molar refractivity (Wildman–Crippen MR) is 104 cm³/mol. The van der Waals surface area contributed by atoms with E-state index in [1.807, 2.05) is 51.1 Å². The summed E-state index contributed by atoms with van der Waals surface area (Å²) in [7, 11) is 0. The van der Waals surface area contributed by atoms with Crippen LogP contribution in [0.3, 0.4) is 0 Å². The number of carbonyl (C=O) groups excluding carboxylic acids is 2. The lowest BCUT2D eigenvalue weighted by molar-refractivity contribution is -0.120. The quantitative estimate of drug-likeness (QED) is 0.896. The van der Waals surface area contributed by atoms with E-state index < -0.39 is 0 Å². The highest BCUT2D eigenvalue weighted by atomic mass is 32.1. The molecule has 0 saturated carbocycles. The Balaban J connectivity index is 1.63. The SMILES string of the molecule is CC[C@@H](NC(=O)N1CCN(c2ccccc2)C(=O)C1)c1nc(C)c(C)s1. The number of hydrogen-bond acceptors (Lipinski definition) is 4. The number of thiazole rings is 1. The zero-order chi connectivity index (χ0) is 18.7. The number of nitrogens with zero attached hydrogens (tertiary/aromatic N) is 3.